The van der Waals surface area contributed by atoms with E-state index in [1.807, 2.05) is 6.07 Å². The molecule has 0 radical (unpaired) electrons. The molecule has 2 aromatic rings. The van der Waals surface area contributed by atoms with E-state index >= 15 is 0 Å². The molecule has 3 rings (SSSR count). The molecule has 134 valence electrons. The molecule has 1 aliphatic rings. The predicted octanol–water partition coefficient (Wildman–Crippen LogP) is 4.16. The average molecular weight is 359 g/mol. The Morgan fingerprint density at radius 2 is 1.72 bits per heavy atom. The Morgan fingerprint density at radius 1 is 1.04 bits per heavy atom. The molecule has 1 aromatic heterocycles. The maximum Gasteiger partial charge on any atom is 0.151 e. The number of hydrogen-bond acceptors (Lipinski definition) is 4. The molecule has 4 nitrogen and oxygen atoms in total. The molecule has 0 aliphatic carbocycles. The highest BCUT2D eigenvalue weighted by Gasteiger charge is 2.23. The summed E-state index contributed by atoms with van der Waals surface area (Å²) in [6.45, 7) is 9.89. The van der Waals surface area contributed by atoms with Crippen molar-refractivity contribution in [1.82, 2.24) is 15.1 Å². The van der Waals surface area contributed by atoms with Crippen LogP contribution in [0.3, 0.4) is 0 Å². The molecule has 1 fully saturated rings. The van der Waals surface area contributed by atoms with Crippen molar-refractivity contribution >= 4 is 17.4 Å². The lowest BCUT2D eigenvalue weighted by molar-refractivity contribution is 0.203. The second-order valence-corrected chi connectivity index (χ2v) is 7.58. The van der Waals surface area contributed by atoms with Crippen molar-refractivity contribution in [3.8, 4) is 0 Å². The molecule has 25 heavy (non-hydrogen) atoms. The van der Waals surface area contributed by atoms with Crippen LogP contribution in [0.2, 0.25) is 5.15 Å². The largest absolute Gasteiger partial charge is 0.355 e. The van der Waals surface area contributed by atoms with E-state index in [2.05, 4.69) is 59.9 Å². The summed E-state index contributed by atoms with van der Waals surface area (Å²) in [7, 11) is 2.10. The Bertz CT molecular complexity index is 721. The highest BCUT2D eigenvalue weighted by atomic mass is 35.5. The fourth-order valence-electron chi connectivity index (χ4n) is 3.58. The highest BCUT2D eigenvalue weighted by Crippen LogP contribution is 2.23. The monoisotopic (exact) mass is 358 g/mol. The smallest absolute Gasteiger partial charge is 0.151 e. The Hall–Kier alpha value is -1.65. The van der Waals surface area contributed by atoms with Crippen molar-refractivity contribution in [3.63, 3.8) is 0 Å². The van der Waals surface area contributed by atoms with Gasteiger partial charge in [0.1, 0.15) is 0 Å². The molecule has 1 saturated heterocycles. The van der Waals surface area contributed by atoms with Crippen molar-refractivity contribution in [1.29, 1.82) is 0 Å². The summed E-state index contributed by atoms with van der Waals surface area (Å²) in [5.74, 6) is 0.896. The van der Waals surface area contributed by atoms with Crippen molar-refractivity contribution in [3.05, 3.63) is 51.7 Å². The van der Waals surface area contributed by atoms with Gasteiger partial charge in [-0.05, 0) is 68.0 Å². The van der Waals surface area contributed by atoms with E-state index in [1.54, 1.807) is 6.07 Å². The van der Waals surface area contributed by atoms with E-state index in [9.17, 15) is 0 Å². The van der Waals surface area contributed by atoms with Crippen LogP contribution in [0, 0.1) is 20.8 Å². The molecule has 0 saturated carbocycles. The number of halogens is 1. The maximum atomic E-state index is 5.83. The number of likely N-dealkylation sites (tertiary alicyclic amines) is 1. The van der Waals surface area contributed by atoms with Gasteiger partial charge in [0, 0.05) is 32.7 Å². The SMILES string of the molecule is Cc1cc(C)c(CN2CCC(N(C)c3ccc(Cl)nn3)CC2)cc1C. The summed E-state index contributed by atoms with van der Waals surface area (Å²) in [6.07, 6.45) is 2.29. The third-order valence-electron chi connectivity index (χ3n) is 5.43. The number of hydrogen-bond donors (Lipinski definition) is 0. The van der Waals surface area contributed by atoms with Crippen LogP contribution < -0.4 is 4.90 Å². The van der Waals surface area contributed by atoms with Crippen LogP contribution in [0.1, 0.15) is 35.1 Å². The van der Waals surface area contributed by atoms with Gasteiger partial charge in [-0.25, -0.2) is 0 Å². The fraction of sp³-hybridized carbons (Fsp3) is 0.500. The van der Waals surface area contributed by atoms with Crippen LogP contribution in [0.25, 0.3) is 0 Å². The zero-order chi connectivity index (χ0) is 18.0. The van der Waals surface area contributed by atoms with Crippen molar-refractivity contribution in [2.75, 3.05) is 25.0 Å². The van der Waals surface area contributed by atoms with Gasteiger partial charge >= 0.3 is 0 Å². The zero-order valence-electron chi connectivity index (χ0n) is 15.6. The molecule has 2 heterocycles. The number of aryl methyl sites for hydroxylation is 3. The maximum absolute atomic E-state index is 5.83. The van der Waals surface area contributed by atoms with E-state index in [0.29, 0.717) is 11.2 Å². The average Bonchev–Trinajstić information content (AvgIpc) is 2.60. The summed E-state index contributed by atoms with van der Waals surface area (Å²) in [4.78, 5) is 4.80. The second-order valence-electron chi connectivity index (χ2n) is 7.20. The molecule has 5 heteroatoms. The minimum Gasteiger partial charge on any atom is -0.355 e. The summed E-state index contributed by atoms with van der Waals surface area (Å²) in [6, 6.07) is 8.92. The number of piperidine rings is 1. The summed E-state index contributed by atoms with van der Waals surface area (Å²) >= 11 is 5.83. The Kier molecular flexibility index (Phi) is 5.60. The normalized spacial score (nSPS) is 16.2. The molecular weight excluding hydrogens is 332 g/mol. The number of anilines is 1. The lowest BCUT2D eigenvalue weighted by Gasteiger charge is -2.37. The van der Waals surface area contributed by atoms with E-state index in [1.165, 1.54) is 22.3 Å². The summed E-state index contributed by atoms with van der Waals surface area (Å²) < 4.78 is 0. The number of benzene rings is 1. The summed E-state index contributed by atoms with van der Waals surface area (Å²) in [5.41, 5.74) is 5.62. The molecule has 0 amide bonds. The van der Waals surface area contributed by atoms with Crippen LogP contribution in [0.5, 0.6) is 0 Å². The van der Waals surface area contributed by atoms with Gasteiger partial charge in [-0.1, -0.05) is 23.7 Å². The van der Waals surface area contributed by atoms with Crippen LogP contribution >= 0.6 is 11.6 Å². The van der Waals surface area contributed by atoms with E-state index in [0.717, 1.165) is 38.3 Å². The van der Waals surface area contributed by atoms with Crippen molar-refractivity contribution < 1.29 is 0 Å². The van der Waals surface area contributed by atoms with E-state index in [-0.39, 0.29) is 0 Å². The molecule has 1 aromatic carbocycles. The number of nitrogens with zero attached hydrogens (tertiary/aromatic N) is 4. The second kappa shape index (κ2) is 7.71. The quantitative estimate of drug-likeness (QED) is 0.821. The molecule has 0 N–H and O–H groups in total. The van der Waals surface area contributed by atoms with Gasteiger partial charge in [-0.15, -0.1) is 10.2 Å². The first-order chi connectivity index (χ1) is 11.9. The Morgan fingerprint density at radius 3 is 2.36 bits per heavy atom. The van der Waals surface area contributed by atoms with Crippen LogP contribution in [-0.4, -0.2) is 41.3 Å². The third kappa shape index (κ3) is 4.31. The molecule has 0 bridgehead atoms. The topological polar surface area (TPSA) is 32.3 Å². The van der Waals surface area contributed by atoms with Gasteiger partial charge in [0.15, 0.2) is 11.0 Å². The Balaban J connectivity index is 1.58. The predicted molar refractivity (Wildman–Crippen MR) is 104 cm³/mol. The minimum absolute atomic E-state index is 0.440. The van der Waals surface area contributed by atoms with Crippen LogP contribution in [0.15, 0.2) is 24.3 Å². The molecule has 0 spiro atoms. The van der Waals surface area contributed by atoms with Crippen LogP contribution in [-0.2, 0) is 6.54 Å². The van der Waals surface area contributed by atoms with E-state index in [4.69, 9.17) is 11.6 Å². The summed E-state index contributed by atoms with van der Waals surface area (Å²) in [5, 5.41) is 8.59. The van der Waals surface area contributed by atoms with Gasteiger partial charge in [0.05, 0.1) is 0 Å². The van der Waals surface area contributed by atoms with Crippen LogP contribution in [0.4, 0.5) is 5.82 Å². The zero-order valence-corrected chi connectivity index (χ0v) is 16.3. The Labute approximate surface area is 155 Å². The van der Waals surface area contributed by atoms with Gasteiger partial charge in [0.25, 0.3) is 0 Å². The lowest BCUT2D eigenvalue weighted by Crippen LogP contribution is -2.43. The standard InChI is InChI=1S/C20H27ClN4/c1-14-11-16(3)17(12-15(14)2)13-25-9-7-18(8-10-25)24(4)20-6-5-19(21)22-23-20/h5-6,11-12,18H,7-10,13H2,1-4H3. The van der Waals surface area contributed by atoms with Crippen molar-refractivity contribution in [2.24, 2.45) is 0 Å². The van der Waals surface area contributed by atoms with Gasteiger partial charge in [0.2, 0.25) is 0 Å². The third-order valence-corrected chi connectivity index (χ3v) is 5.63. The molecular formula is C20H27ClN4. The highest BCUT2D eigenvalue weighted by molar-refractivity contribution is 6.29. The first-order valence-electron chi connectivity index (χ1n) is 8.95. The van der Waals surface area contributed by atoms with Gasteiger partial charge in [-0.3, -0.25) is 4.90 Å². The number of aromatic nitrogens is 2. The first-order valence-corrected chi connectivity index (χ1v) is 9.33. The van der Waals surface area contributed by atoms with Crippen molar-refractivity contribution in [2.45, 2.75) is 46.2 Å². The fourth-order valence-corrected chi connectivity index (χ4v) is 3.68. The molecule has 0 atom stereocenters. The lowest BCUT2D eigenvalue weighted by atomic mass is 9.98. The van der Waals surface area contributed by atoms with E-state index < -0.39 is 0 Å². The molecule has 1 aliphatic heterocycles. The number of rotatable bonds is 4. The minimum atomic E-state index is 0.440. The van der Waals surface area contributed by atoms with Gasteiger partial charge in [-0.2, -0.15) is 0 Å². The first kappa shape index (κ1) is 18.2. The molecule has 0 unspecified atom stereocenters. The van der Waals surface area contributed by atoms with Gasteiger partial charge < -0.3 is 4.90 Å².